The summed E-state index contributed by atoms with van der Waals surface area (Å²) in [4.78, 5) is 7.47. The van der Waals surface area contributed by atoms with Crippen LogP contribution in [0.4, 0.5) is 0 Å². The van der Waals surface area contributed by atoms with Crippen LogP contribution in [0.2, 0.25) is 0 Å². The van der Waals surface area contributed by atoms with Gasteiger partial charge in [-0.15, -0.1) is 0 Å². The van der Waals surface area contributed by atoms with Crippen LogP contribution < -0.4 is 5.32 Å². The third-order valence-electron chi connectivity index (χ3n) is 2.90. The second-order valence-corrected chi connectivity index (χ2v) is 4.28. The average molecular weight is 217 g/mol. The van der Waals surface area contributed by atoms with Crippen molar-refractivity contribution in [3.05, 3.63) is 30.1 Å². The lowest BCUT2D eigenvalue weighted by molar-refractivity contribution is 0.509. The van der Waals surface area contributed by atoms with Crippen molar-refractivity contribution in [1.82, 2.24) is 15.3 Å². The summed E-state index contributed by atoms with van der Waals surface area (Å²) in [6, 6.07) is 4.67. The van der Waals surface area contributed by atoms with Crippen LogP contribution in [0.15, 0.2) is 24.5 Å². The van der Waals surface area contributed by atoms with Crippen LogP contribution >= 0.6 is 0 Å². The molecule has 0 radical (unpaired) electrons. The molecule has 0 amide bonds. The smallest absolute Gasteiger partial charge is 0.137 e. The molecular weight excluding hydrogens is 198 g/mol. The van der Waals surface area contributed by atoms with E-state index in [1.165, 1.54) is 23.8 Å². The van der Waals surface area contributed by atoms with E-state index in [-0.39, 0.29) is 0 Å². The number of fused-ring (bicyclic) bond motifs is 1. The largest absolute Gasteiger partial charge is 0.346 e. The third kappa shape index (κ3) is 2.42. The predicted molar refractivity (Wildman–Crippen MR) is 67.3 cm³/mol. The van der Waals surface area contributed by atoms with Crippen molar-refractivity contribution < 1.29 is 0 Å². The summed E-state index contributed by atoms with van der Waals surface area (Å²) in [7, 11) is 0. The van der Waals surface area contributed by atoms with E-state index < -0.39 is 0 Å². The molecule has 1 atom stereocenters. The summed E-state index contributed by atoms with van der Waals surface area (Å²) in [5, 5.41) is 4.75. The Labute approximate surface area is 96.3 Å². The maximum absolute atomic E-state index is 4.28. The molecule has 86 valence electrons. The monoisotopic (exact) mass is 217 g/mol. The highest BCUT2D eigenvalue weighted by atomic mass is 14.9. The number of aromatic nitrogens is 2. The zero-order valence-electron chi connectivity index (χ0n) is 9.96. The van der Waals surface area contributed by atoms with Crippen molar-refractivity contribution in [3.8, 4) is 0 Å². The maximum Gasteiger partial charge on any atom is 0.137 e. The Morgan fingerprint density at radius 2 is 2.38 bits per heavy atom. The van der Waals surface area contributed by atoms with Gasteiger partial charge in [-0.25, -0.2) is 4.98 Å². The third-order valence-corrected chi connectivity index (χ3v) is 2.90. The van der Waals surface area contributed by atoms with E-state index in [1.54, 1.807) is 0 Å². The molecule has 2 rings (SSSR count). The topological polar surface area (TPSA) is 40.7 Å². The van der Waals surface area contributed by atoms with Crippen molar-refractivity contribution in [2.75, 3.05) is 0 Å². The van der Waals surface area contributed by atoms with Gasteiger partial charge in [0.15, 0.2) is 0 Å². The van der Waals surface area contributed by atoms with Crippen molar-refractivity contribution >= 4 is 11.0 Å². The van der Waals surface area contributed by atoms with Gasteiger partial charge in [0.25, 0.3) is 0 Å². The van der Waals surface area contributed by atoms with Crippen molar-refractivity contribution in [3.63, 3.8) is 0 Å². The van der Waals surface area contributed by atoms with Gasteiger partial charge in [-0.3, -0.25) is 0 Å². The van der Waals surface area contributed by atoms with Crippen LogP contribution in [0.25, 0.3) is 11.0 Å². The standard InChI is InChI=1S/C13H19N3/c1-3-5-10(2)15-8-11-9-16-13-12(11)6-4-7-14-13/h4,6-7,9-10,15H,3,5,8H2,1-2H3,(H,14,16). The number of nitrogens with one attached hydrogen (secondary N) is 2. The van der Waals surface area contributed by atoms with E-state index >= 15 is 0 Å². The normalized spacial score (nSPS) is 13.1. The Kier molecular flexibility index (Phi) is 3.57. The number of H-pyrrole nitrogens is 1. The first-order valence-electron chi connectivity index (χ1n) is 5.95. The molecular formula is C13H19N3. The van der Waals surface area contributed by atoms with E-state index in [4.69, 9.17) is 0 Å². The molecule has 0 spiro atoms. The number of pyridine rings is 1. The summed E-state index contributed by atoms with van der Waals surface area (Å²) in [6.07, 6.45) is 6.31. The molecule has 0 aliphatic heterocycles. The van der Waals surface area contributed by atoms with E-state index in [2.05, 4.69) is 35.2 Å². The molecule has 0 bridgehead atoms. The van der Waals surface area contributed by atoms with Crippen LogP contribution in [0.5, 0.6) is 0 Å². The minimum absolute atomic E-state index is 0.576. The summed E-state index contributed by atoms with van der Waals surface area (Å²) in [6.45, 7) is 5.36. The molecule has 0 aliphatic rings. The fourth-order valence-electron chi connectivity index (χ4n) is 1.98. The van der Waals surface area contributed by atoms with E-state index in [9.17, 15) is 0 Å². The zero-order valence-corrected chi connectivity index (χ0v) is 9.96. The first-order valence-corrected chi connectivity index (χ1v) is 5.95. The summed E-state index contributed by atoms with van der Waals surface area (Å²) in [5.41, 5.74) is 2.27. The molecule has 16 heavy (non-hydrogen) atoms. The molecule has 0 saturated heterocycles. The van der Waals surface area contributed by atoms with Gasteiger partial charge in [0.05, 0.1) is 0 Å². The lowest BCUT2D eigenvalue weighted by atomic mass is 10.1. The summed E-state index contributed by atoms with van der Waals surface area (Å²) < 4.78 is 0. The highest BCUT2D eigenvalue weighted by molar-refractivity contribution is 5.79. The van der Waals surface area contributed by atoms with Gasteiger partial charge in [-0.05, 0) is 31.0 Å². The SMILES string of the molecule is CCCC(C)NCc1c[nH]c2ncccc12. The van der Waals surface area contributed by atoms with Crippen LogP contribution in [0.3, 0.4) is 0 Å². The number of hydrogen-bond acceptors (Lipinski definition) is 2. The molecule has 0 aromatic carbocycles. The molecule has 3 nitrogen and oxygen atoms in total. The minimum atomic E-state index is 0.576. The molecule has 0 fully saturated rings. The van der Waals surface area contributed by atoms with Crippen molar-refractivity contribution in [2.24, 2.45) is 0 Å². The second kappa shape index (κ2) is 5.12. The molecule has 3 heteroatoms. The molecule has 2 N–H and O–H groups in total. The van der Waals surface area contributed by atoms with Crippen LogP contribution in [-0.4, -0.2) is 16.0 Å². The fourth-order valence-corrected chi connectivity index (χ4v) is 1.98. The van der Waals surface area contributed by atoms with E-state index in [1.807, 2.05) is 18.5 Å². The highest BCUT2D eigenvalue weighted by Crippen LogP contribution is 2.15. The lowest BCUT2D eigenvalue weighted by Crippen LogP contribution is -2.24. The van der Waals surface area contributed by atoms with Gasteiger partial charge < -0.3 is 10.3 Å². The van der Waals surface area contributed by atoms with Gasteiger partial charge in [-0.1, -0.05) is 13.3 Å². The zero-order chi connectivity index (χ0) is 11.4. The van der Waals surface area contributed by atoms with Gasteiger partial charge >= 0.3 is 0 Å². The van der Waals surface area contributed by atoms with Gasteiger partial charge in [0.1, 0.15) is 5.65 Å². The number of hydrogen-bond donors (Lipinski definition) is 2. The van der Waals surface area contributed by atoms with Crippen molar-refractivity contribution in [2.45, 2.75) is 39.3 Å². The molecule has 1 unspecified atom stereocenters. The number of aromatic amines is 1. The fraction of sp³-hybridized carbons (Fsp3) is 0.462. The number of rotatable bonds is 5. The summed E-state index contributed by atoms with van der Waals surface area (Å²) in [5.74, 6) is 0. The maximum atomic E-state index is 4.28. The predicted octanol–water partition coefficient (Wildman–Crippen LogP) is 2.84. The first kappa shape index (κ1) is 11.1. The van der Waals surface area contributed by atoms with Crippen LogP contribution in [0, 0.1) is 0 Å². The van der Waals surface area contributed by atoms with Gasteiger partial charge in [-0.2, -0.15) is 0 Å². The molecule has 0 aliphatic carbocycles. The van der Waals surface area contributed by atoms with E-state index in [0.717, 1.165) is 12.2 Å². The Balaban J connectivity index is 2.04. The van der Waals surface area contributed by atoms with Crippen LogP contribution in [0.1, 0.15) is 32.3 Å². The molecule has 2 aromatic heterocycles. The van der Waals surface area contributed by atoms with Gasteiger partial charge in [0.2, 0.25) is 0 Å². The Morgan fingerprint density at radius 1 is 1.50 bits per heavy atom. The second-order valence-electron chi connectivity index (χ2n) is 4.28. The van der Waals surface area contributed by atoms with E-state index in [0.29, 0.717) is 6.04 Å². The lowest BCUT2D eigenvalue weighted by Gasteiger charge is -2.11. The highest BCUT2D eigenvalue weighted by Gasteiger charge is 2.05. The Hall–Kier alpha value is -1.35. The van der Waals surface area contributed by atoms with Crippen LogP contribution in [-0.2, 0) is 6.54 Å². The number of nitrogens with zero attached hydrogens (tertiary/aromatic N) is 1. The molecule has 2 aromatic rings. The summed E-state index contributed by atoms with van der Waals surface area (Å²) >= 11 is 0. The molecule has 2 heterocycles. The van der Waals surface area contributed by atoms with Gasteiger partial charge in [0, 0.05) is 30.4 Å². The van der Waals surface area contributed by atoms with Crippen molar-refractivity contribution in [1.29, 1.82) is 0 Å². The first-order chi connectivity index (χ1) is 7.81. The molecule has 0 saturated carbocycles. The average Bonchev–Trinajstić information content (AvgIpc) is 2.70. The Morgan fingerprint density at radius 3 is 3.19 bits per heavy atom. The Bertz CT molecular complexity index is 447. The minimum Gasteiger partial charge on any atom is -0.346 e. The quantitative estimate of drug-likeness (QED) is 0.808.